The molecule has 0 bridgehead atoms. The Morgan fingerprint density at radius 2 is 1.85 bits per heavy atom. The number of guanidine groups is 1. The summed E-state index contributed by atoms with van der Waals surface area (Å²) in [6, 6.07) is 10.0. The molecular weight excluding hydrogens is 367 g/mol. The van der Waals surface area contributed by atoms with Crippen LogP contribution in [0.15, 0.2) is 35.3 Å². The molecule has 2 N–H and O–H groups in total. The standard InChI is InChI=1S/C14H22N4O.HI/c1-4-15-14(17-11-13(19)18(2)3)16-10-12-8-6-5-7-9-12;/h5-9H,4,10-11H2,1-3H3,(H2,15,16,17);1H. The molecule has 0 aromatic heterocycles. The Balaban J connectivity index is 0.00000361. The fourth-order valence-electron chi connectivity index (χ4n) is 1.41. The van der Waals surface area contributed by atoms with Gasteiger partial charge in [0.25, 0.3) is 0 Å². The Labute approximate surface area is 137 Å². The second kappa shape index (κ2) is 10.5. The zero-order valence-corrected chi connectivity index (χ0v) is 14.5. The zero-order valence-electron chi connectivity index (χ0n) is 12.2. The fraction of sp³-hybridized carbons (Fsp3) is 0.429. The summed E-state index contributed by atoms with van der Waals surface area (Å²) in [7, 11) is 3.47. The van der Waals surface area contributed by atoms with Crippen LogP contribution in [-0.4, -0.2) is 44.0 Å². The van der Waals surface area contributed by atoms with Gasteiger partial charge in [-0.05, 0) is 12.5 Å². The highest BCUT2D eigenvalue weighted by molar-refractivity contribution is 14.0. The molecule has 1 aromatic carbocycles. The second-order valence-electron chi connectivity index (χ2n) is 4.32. The van der Waals surface area contributed by atoms with Crippen molar-refractivity contribution in [2.24, 2.45) is 4.99 Å². The third-order valence-electron chi connectivity index (χ3n) is 2.51. The molecule has 1 amide bonds. The first-order chi connectivity index (χ1) is 9.13. The number of likely N-dealkylation sites (N-methyl/N-ethyl adjacent to an activating group) is 1. The second-order valence-corrected chi connectivity index (χ2v) is 4.32. The van der Waals surface area contributed by atoms with E-state index in [0.717, 1.165) is 12.1 Å². The van der Waals surface area contributed by atoms with Crippen LogP contribution in [0.4, 0.5) is 0 Å². The van der Waals surface area contributed by atoms with Gasteiger partial charge in [-0.15, -0.1) is 24.0 Å². The quantitative estimate of drug-likeness (QED) is 0.455. The molecule has 0 aliphatic carbocycles. The van der Waals surface area contributed by atoms with Crippen LogP contribution in [0.25, 0.3) is 0 Å². The summed E-state index contributed by atoms with van der Waals surface area (Å²) in [6.07, 6.45) is 0. The number of benzene rings is 1. The molecular formula is C14H23IN4O. The van der Waals surface area contributed by atoms with E-state index in [1.165, 1.54) is 0 Å². The van der Waals surface area contributed by atoms with Gasteiger partial charge in [0, 0.05) is 20.6 Å². The minimum absolute atomic E-state index is 0. The van der Waals surface area contributed by atoms with Crippen molar-refractivity contribution in [3.63, 3.8) is 0 Å². The van der Waals surface area contributed by atoms with Gasteiger partial charge in [0.2, 0.25) is 5.91 Å². The third kappa shape index (κ3) is 7.32. The lowest BCUT2D eigenvalue weighted by atomic mass is 10.2. The summed E-state index contributed by atoms with van der Waals surface area (Å²) >= 11 is 0. The number of halogens is 1. The van der Waals surface area contributed by atoms with E-state index < -0.39 is 0 Å². The monoisotopic (exact) mass is 390 g/mol. The lowest BCUT2D eigenvalue weighted by molar-refractivity contribution is -0.127. The minimum atomic E-state index is 0. The molecule has 0 radical (unpaired) electrons. The van der Waals surface area contributed by atoms with E-state index in [4.69, 9.17) is 0 Å². The molecule has 0 fully saturated rings. The molecule has 0 saturated heterocycles. The maximum atomic E-state index is 11.5. The molecule has 0 aliphatic heterocycles. The largest absolute Gasteiger partial charge is 0.357 e. The topological polar surface area (TPSA) is 56.7 Å². The van der Waals surface area contributed by atoms with Gasteiger partial charge in [0.1, 0.15) is 0 Å². The summed E-state index contributed by atoms with van der Waals surface area (Å²) < 4.78 is 0. The van der Waals surface area contributed by atoms with Gasteiger partial charge in [-0.3, -0.25) is 4.79 Å². The van der Waals surface area contributed by atoms with Crippen LogP contribution in [0.5, 0.6) is 0 Å². The minimum Gasteiger partial charge on any atom is -0.357 e. The van der Waals surface area contributed by atoms with E-state index in [1.807, 2.05) is 37.3 Å². The van der Waals surface area contributed by atoms with Gasteiger partial charge in [-0.25, -0.2) is 4.99 Å². The average molecular weight is 390 g/mol. The first kappa shape index (κ1) is 18.7. The van der Waals surface area contributed by atoms with E-state index in [-0.39, 0.29) is 36.4 Å². The summed E-state index contributed by atoms with van der Waals surface area (Å²) in [5.41, 5.74) is 1.14. The van der Waals surface area contributed by atoms with E-state index >= 15 is 0 Å². The molecule has 20 heavy (non-hydrogen) atoms. The van der Waals surface area contributed by atoms with Crippen molar-refractivity contribution in [3.05, 3.63) is 35.9 Å². The third-order valence-corrected chi connectivity index (χ3v) is 2.51. The predicted octanol–water partition coefficient (Wildman–Crippen LogP) is 1.45. The molecule has 112 valence electrons. The van der Waals surface area contributed by atoms with Gasteiger partial charge in [0.15, 0.2) is 5.96 Å². The molecule has 5 nitrogen and oxygen atoms in total. The fourth-order valence-corrected chi connectivity index (χ4v) is 1.41. The van der Waals surface area contributed by atoms with E-state index in [0.29, 0.717) is 12.5 Å². The van der Waals surface area contributed by atoms with Crippen LogP contribution in [-0.2, 0) is 11.3 Å². The number of hydrogen-bond acceptors (Lipinski definition) is 2. The summed E-state index contributed by atoms with van der Waals surface area (Å²) in [4.78, 5) is 17.5. The predicted molar refractivity (Wildman–Crippen MR) is 93.4 cm³/mol. The zero-order chi connectivity index (χ0) is 14.1. The van der Waals surface area contributed by atoms with Crippen molar-refractivity contribution in [1.82, 2.24) is 15.5 Å². The van der Waals surface area contributed by atoms with Gasteiger partial charge < -0.3 is 15.5 Å². The lowest BCUT2D eigenvalue weighted by Crippen LogP contribution is -2.42. The Kier molecular flexibility index (Phi) is 9.79. The van der Waals surface area contributed by atoms with Gasteiger partial charge >= 0.3 is 0 Å². The number of nitrogens with one attached hydrogen (secondary N) is 2. The van der Waals surface area contributed by atoms with Crippen molar-refractivity contribution in [2.75, 3.05) is 27.2 Å². The molecule has 0 unspecified atom stereocenters. The normalized spacial score (nSPS) is 10.4. The number of hydrogen-bond donors (Lipinski definition) is 2. The van der Waals surface area contributed by atoms with Crippen LogP contribution >= 0.6 is 24.0 Å². The van der Waals surface area contributed by atoms with E-state index in [2.05, 4.69) is 15.6 Å². The maximum absolute atomic E-state index is 11.5. The van der Waals surface area contributed by atoms with Gasteiger partial charge in [-0.1, -0.05) is 30.3 Å². The van der Waals surface area contributed by atoms with Crippen LogP contribution in [0.2, 0.25) is 0 Å². The van der Waals surface area contributed by atoms with Crippen molar-refractivity contribution in [1.29, 1.82) is 0 Å². The summed E-state index contributed by atoms with van der Waals surface area (Å²) in [5, 5.41) is 6.13. The van der Waals surface area contributed by atoms with Crippen LogP contribution < -0.4 is 10.6 Å². The molecule has 0 saturated carbocycles. The first-order valence-corrected chi connectivity index (χ1v) is 6.39. The highest BCUT2D eigenvalue weighted by Gasteiger charge is 2.04. The number of rotatable bonds is 5. The van der Waals surface area contributed by atoms with Gasteiger partial charge in [-0.2, -0.15) is 0 Å². The average Bonchev–Trinajstić information content (AvgIpc) is 2.42. The van der Waals surface area contributed by atoms with Crippen molar-refractivity contribution >= 4 is 35.8 Å². The number of carbonyl (C=O) groups is 1. The lowest BCUT2D eigenvalue weighted by Gasteiger charge is -2.14. The molecule has 1 rings (SSSR count). The Morgan fingerprint density at radius 3 is 2.40 bits per heavy atom. The molecule has 1 aromatic rings. The van der Waals surface area contributed by atoms with E-state index in [9.17, 15) is 4.79 Å². The van der Waals surface area contributed by atoms with Crippen molar-refractivity contribution in [3.8, 4) is 0 Å². The summed E-state index contributed by atoms with van der Waals surface area (Å²) in [5.74, 6) is 0.673. The highest BCUT2D eigenvalue weighted by Crippen LogP contribution is 1.99. The Morgan fingerprint density at radius 1 is 1.20 bits per heavy atom. The molecule has 0 atom stereocenters. The Bertz CT molecular complexity index is 420. The first-order valence-electron chi connectivity index (χ1n) is 6.39. The number of nitrogens with zero attached hydrogens (tertiary/aromatic N) is 2. The molecule has 0 heterocycles. The van der Waals surface area contributed by atoms with Crippen LogP contribution in [0, 0.1) is 0 Å². The number of amides is 1. The number of carbonyl (C=O) groups excluding carboxylic acids is 1. The summed E-state index contributed by atoms with van der Waals surface area (Å²) in [6.45, 7) is 3.59. The van der Waals surface area contributed by atoms with Crippen molar-refractivity contribution in [2.45, 2.75) is 13.5 Å². The highest BCUT2D eigenvalue weighted by atomic mass is 127. The van der Waals surface area contributed by atoms with Crippen LogP contribution in [0.3, 0.4) is 0 Å². The SMILES string of the molecule is CCNC(=NCc1ccccc1)NCC(=O)N(C)C.I. The smallest absolute Gasteiger partial charge is 0.241 e. The molecule has 0 spiro atoms. The van der Waals surface area contributed by atoms with Crippen molar-refractivity contribution < 1.29 is 4.79 Å². The molecule has 0 aliphatic rings. The molecule has 6 heteroatoms. The van der Waals surface area contributed by atoms with Gasteiger partial charge in [0.05, 0.1) is 13.1 Å². The maximum Gasteiger partial charge on any atom is 0.241 e. The number of aliphatic imine (C=N–C) groups is 1. The Hall–Kier alpha value is -1.31. The van der Waals surface area contributed by atoms with Crippen LogP contribution in [0.1, 0.15) is 12.5 Å². The van der Waals surface area contributed by atoms with E-state index in [1.54, 1.807) is 19.0 Å².